The van der Waals surface area contributed by atoms with Crippen molar-refractivity contribution in [2.45, 2.75) is 32.0 Å². The van der Waals surface area contributed by atoms with E-state index in [-0.39, 0.29) is 15.5 Å². The molecule has 3 aromatic carbocycles. The highest BCUT2D eigenvalue weighted by Gasteiger charge is 2.41. The number of fused-ring (bicyclic) bond motifs is 2. The lowest BCUT2D eigenvalue weighted by molar-refractivity contribution is -0.383. The Morgan fingerprint density at radius 2 is 1.72 bits per heavy atom. The van der Waals surface area contributed by atoms with Crippen molar-refractivity contribution in [3.05, 3.63) is 86.2 Å². The summed E-state index contributed by atoms with van der Waals surface area (Å²) in [7, 11) is 0. The lowest BCUT2D eigenvalue weighted by atomic mass is 9.78. The van der Waals surface area contributed by atoms with E-state index in [1.807, 2.05) is 11.0 Å². The number of nitrogens with zero attached hydrogens (tertiary/aromatic N) is 4. The van der Waals surface area contributed by atoms with Gasteiger partial charge >= 0.3 is 6.18 Å². The number of hydrogen-bond donors (Lipinski definition) is 0. The SMILES string of the molecule is O=c1nc(N2CCC3(CCN(Cc4cccc5ccccc45)C3)CC2)sc2c([N+](=O)[O-])cc(C(F)(F)F)cc12. The van der Waals surface area contributed by atoms with Crippen LogP contribution in [0.3, 0.4) is 0 Å². The fourth-order valence-corrected chi connectivity index (χ4v) is 7.11. The van der Waals surface area contributed by atoms with Gasteiger partial charge in [-0.15, -0.1) is 0 Å². The van der Waals surface area contributed by atoms with Crippen LogP contribution in [0.2, 0.25) is 0 Å². The minimum absolute atomic E-state index is 0.0783. The largest absolute Gasteiger partial charge is 0.416 e. The molecule has 39 heavy (non-hydrogen) atoms. The lowest BCUT2D eigenvalue weighted by Crippen LogP contribution is -2.42. The number of piperidine rings is 1. The minimum atomic E-state index is -4.81. The van der Waals surface area contributed by atoms with E-state index in [0.717, 1.165) is 50.2 Å². The predicted octanol–water partition coefficient (Wildman–Crippen LogP) is 6.23. The van der Waals surface area contributed by atoms with Crippen LogP contribution in [-0.4, -0.2) is 41.0 Å². The zero-order valence-electron chi connectivity index (χ0n) is 20.9. The van der Waals surface area contributed by atoms with Crippen LogP contribution in [0, 0.1) is 15.5 Å². The first-order valence-electron chi connectivity index (χ1n) is 12.8. The number of likely N-dealkylation sites (tertiary alicyclic amines) is 1. The molecular formula is C28H25F3N4O3S. The van der Waals surface area contributed by atoms with Gasteiger partial charge in [0.1, 0.15) is 4.70 Å². The van der Waals surface area contributed by atoms with Gasteiger partial charge < -0.3 is 4.90 Å². The molecule has 0 amide bonds. The van der Waals surface area contributed by atoms with Crippen molar-refractivity contribution in [1.29, 1.82) is 0 Å². The fraction of sp³-hybridized carbons (Fsp3) is 0.357. The quantitative estimate of drug-likeness (QED) is 0.220. The van der Waals surface area contributed by atoms with Crippen molar-refractivity contribution in [3.8, 4) is 0 Å². The van der Waals surface area contributed by atoms with Gasteiger partial charge in [0.2, 0.25) is 0 Å². The molecule has 7 nitrogen and oxygen atoms in total. The molecule has 4 aromatic rings. The molecule has 0 atom stereocenters. The summed E-state index contributed by atoms with van der Waals surface area (Å²) in [5.41, 5.74) is -1.37. The van der Waals surface area contributed by atoms with E-state index in [0.29, 0.717) is 30.4 Å². The normalized spacial score (nSPS) is 17.9. The Balaban J connectivity index is 1.20. The van der Waals surface area contributed by atoms with Gasteiger partial charge in [-0.1, -0.05) is 53.8 Å². The second-order valence-electron chi connectivity index (χ2n) is 10.5. The second kappa shape index (κ2) is 9.56. The molecule has 0 N–H and O–H groups in total. The maximum Gasteiger partial charge on any atom is 0.416 e. The van der Waals surface area contributed by atoms with Gasteiger partial charge in [-0.3, -0.25) is 19.8 Å². The lowest BCUT2D eigenvalue weighted by Gasteiger charge is -2.39. The summed E-state index contributed by atoms with van der Waals surface area (Å²) < 4.78 is 39.7. The highest BCUT2D eigenvalue weighted by atomic mass is 32.1. The molecular weight excluding hydrogens is 529 g/mol. The van der Waals surface area contributed by atoms with Crippen molar-refractivity contribution >= 4 is 43.0 Å². The number of nitro benzene ring substituents is 1. The number of non-ortho nitro benzene ring substituents is 1. The molecule has 11 heteroatoms. The highest BCUT2D eigenvalue weighted by molar-refractivity contribution is 7.22. The number of hydrogen-bond acceptors (Lipinski definition) is 7. The Hall–Kier alpha value is -3.57. The van der Waals surface area contributed by atoms with E-state index >= 15 is 0 Å². The number of halogens is 3. The van der Waals surface area contributed by atoms with E-state index in [2.05, 4.69) is 46.3 Å². The Morgan fingerprint density at radius 1 is 1.00 bits per heavy atom. The number of alkyl halides is 3. The zero-order chi connectivity index (χ0) is 27.4. The summed E-state index contributed by atoms with van der Waals surface area (Å²) >= 11 is 0.912. The molecule has 0 aliphatic carbocycles. The van der Waals surface area contributed by atoms with Crippen molar-refractivity contribution in [1.82, 2.24) is 9.88 Å². The number of anilines is 1. The minimum Gasteiger partial charge on any atom is -0.348 e. The third kappa shape index (κ3) is 4.85. The molecule has 202 valence electrons. The summed E-state index contributed by atoms with van der Waals surface area (Å²) in [6.07, 6.45) is -1.97. The Morgan fingerprint density at radius 3 is 2.46 bits per heavy atom. The van der Waals surface area contributed by atoms with Crippen molar-refractivity contribution in [3.63, 3.8) is 0 Å². The molecule has 0 bridgehead atoms. The summed E-state index contributed by atoms with van der Waals surface area (Å²) in [5.74, 6) is 0. The summed E-state index contributed by atoms with van der Waals surface area (Å²) in [4.78, 5) is 31.9. The molecule has 6 rings (SSSR count). The number of nitro groups is 1. The molecule has 2 aliphatic heterocycles. The molecule has 2 saturated heterocycles. The molecule has 2 fully saturated rings. The van der Waals surface area contributed by atoms with Crippen LogP contribution in [0.5, 0.6) is 0 Å². The van der Waals surface area contributed by atoms with Crippen LogP contribution in [0.1, 0.15) is 30.4 Å². The monoisotopic (exact) mass is 554 g/mol. The molecule has 1 spiro atoms. The number of rotatable bonds is 4. The third-order valence-electron chi connectivity index (χ3n) is 8.10. The van der Waals surface area contributed by atoms with Gasteiger partial charge in [0.15, 0.2) is 5.13 Å². The standard InChI is InChI=1S/C28H25F3N4O3S/c29-28(30,31)20-14-22-24(23(15-20)35(37)38)39-26(32-25(22)36)34-12-9-27(10-13-34)8-11-33(17-27)16-19-6-3-5-18-4-1-2-7-21(18)19/h1-7,14-15H,8-13,16-17H2. The van der Waals surface area contributed by atoms with Crippen molar-refractivity contribution in [2.75, 3.05) is 31.1 Å². The summed E-state index contributed by atoms with van der Waals surface area (Å²) in [5, 5.41) is 14.0. The second-order valence-corrected chi connectivity index (χ2v) is 11.5. The smallest absolute Gasteiger partial charge is 0.348 e. The number of benzene rings is 3. The first-order valence-corrected chi connectivity index (χ1v) is 13.6. The van der Waals surface area contributed by atoms with E-state index < -0.39 is 27.9 Å². The van der Waals surface area contributed by atoms with Crippen molar-refractivity contribution < 1.29 is 18.1 Å². The number of aromatic nitrogens is 1. The first kappa shape index (κ1) is 25.7. The topological polar surface area (TPSA) is 79.6 Å². The van der Waals surface area contributed by atoms with Gasteiger partial charge in [-0.2, -0.15) is 18.2 Å². The van der Waals surface area contributed by atoms with Crippen LogP contribution in [0.15, 0.2) is 59.4 Å². The maximum atomic E-state index is 13.3. The van der Waals surface area contributed by atoms with E-state index in [1.165, 1.54) is 16.3 Å². The van der Waals surface area contributed by atoms with E-state index in [4.69, 9.17) is 0 Å². The third-order valence-corrected chi connectivity index (χ3v) is 9.27. The van der Waals surface area contributed by atoms with Crippen LogP contribution < -0.4 is 10.5 Å². The molecule has 2 aliphatic rings. The van der Waals surface area contributed by atoms with Gasteiger partial charge in [0.25, 0.3) is 11.2 Å². The van der Waals surface area contributed by atoms with E-state index in [1.54, 1.807) is 0 Å². The Bertz CT molecular complexity index is 1640. The summed E-state index contributed by atoms with van der Waals surface area (Å²) in [6.45, 7) is 4.11. The predicted molar refractivity (Wildman–Crippen MR) is 145 cm³/mol. The van der Waals surface area contributed by atoms with Gasteiger partial charge in [-0.05, 0) is 53.6 Å². The molecule has 1 aromatic heterocycles. The van der Waals surface area contributed by atoms with Crippen LogP contribution in [0.25, 0.3) is 20.9 Å². The van der Waals surface area contributed by atoms with Crippen LogP contribution >= 0.6 is 11.3 Å². The highest BCUT2D eigenvalue weighted by Crippen LogP contribution is 2.43. The van der Waals surface area contributed by atoms with Crippen molar-refractivity contribution in [2.24, 2.45) is 5.41 Å². The molecule has 3 heterocycles. The van der Waals surface area contributed by atoms with Crippen LogP contribution in [0.4, 0.5) is 24.0 Å². The average molecular weight is 555 g/mol. The maximum absolute atomic E-state index is 13.3. The Kier molecular flexibility index (Phi) is 6.30. The fourth-order valence-electron chi connectivity index (χ4n) is 5.99. The zero-order valence-corrected chi connectivity index (χ0v) is 21.7. The summed E-state index contributed by atoms with van der Waals surface area (Å²) in [6, 6.07) is 15.9. The van der Waals surface area contributed by atoms with Gasteiger partial charge in [-0.25, -0.2) is 0 Å². The molecule has 0 unspecified atom stereocenters. The van der Waals surface area contributed by atoms with Gasteiger partial charge in [0, 0.05) is 32.2 Å². The molecule has 0 radical (unpaired) electrons. The molecule has 0 saturated carbocycles. The van der Waals surface area contributed by atoms with E-state index in [9.17, 15) is 28.1 Å². The van der Waals surface area contributed by atoms with Crippen LogP contribution in [-0.2, 0) is 12.7 Å². The van der Waals surface area contributed by atoms with Gasteiger partial charge in [0.05, 0.1) is 15.9 Å². The average Bonchev–Trinajstić information content (AvgIpc) is 3.29. The first-order chi connectivity index (χ1) is 18.6. The Labute approximate surface area is 225 Å².